The first-order chi connectivity index (χ1) is 17.0. The van der Waals surface area contributed by atoms with E-state index in [0.717, 1.165) is 24.3 Å². The number of aromatic carboxylic acids is 1. The maximum atomic E-state index is 15.0. The number of amides is 1. The summed E-state index contributed by atoms with van der Waals surface area (Å²) in [5.41, 5.74) is -0.234. The summed E-state index contributed by atoms with van der Waals surface area (Å²) in [6.07, 6.45) is 0.338. The van der Waals surface area contributed by atoms with Crippen LogP contribution in [0.3, 0.4) is 0 Å². The predicted octanol–water partition coefficient (Wildman–Crippen LogP) is 5.54. The van der Waals surface area contributed by atoms with E-state index in [2.05, 4.69) is 10.2 Å². The van der Waals surface area contributed by atoms with Crippen molar-refractivity contribution in [3.63, 3.8) is 0 Å². The summed E-state index contributed by atoms with van der Waals surface area (Å²) in [4.78, 5) is 25.2. The third-order valence-corrected chi connectivity index (χ3v) is 5.93. The van der Waals surface area contributed by atoms with Crippen molar-refractivity contribution in [2.24, 2.45) is 5.92 Å². The van der Waals surface area contributed by atoms with Crippen LogP contribution in [0.4, 0.5) is 13.2 Å². The van der Waals surface area contributed by atoms with Crippen molar-refractivity contribution < 1.29 is 32.6 Å². The summed E-state index contributed by atoms with van der Waals surface area (Å²) in [7, 11) is 0. The minimum atomic E-state index is -1.54. The number of carboxylic acid groups (broad SMARTS) is 1. The van der Waals surface area contributed by atoms with Gasteiger partial charge in [-0.2, -0.15) is 10.2 Å². The minimum Gasteiger partial charge on any atom is -0.478 e. The van der Waals surface area contributed by atoms with Crippen molar-refractivity contribution in [3.05, 3.63) is 70.7 Å². The monoisotopic (exact) mass is 499 g/mol. The maximum Gasteiger partial charge on any atom is 0.338 e. The number of ether oxygens (including phenoxy) is 1. The summed E-state index contributed by atoms with van der Waals surface area (Å²) >= 11 is 0. The largest absolute Gasteiger partial charge is 0.478 e. The molecule has 1 saturated heterocycles. The zero-order valence-electron chi connectivity index (χ0n) is 19.9. The molecule has 0 radical (unpaired) electrons. The number of rotatable bonds is 7. The molecule has 1 fully saturated rings. The SMILES string of the molecule is CC1CC(=O)N(Cc2cc(F)c(C(=O)O)cc2Oc2cc(F)c(-c3ccc(C(C)C)nn3)c(F)c2)C1. The van der Waals surface area contributed by atoms with Crippen LogP contribution < -0.4 is 4.74 Å². The van der Waals surface area contributed by atoms with Crippen LogP contribution in [0.1, 0.15) is 54.7 Å². The molecule has 1 aliphatic heterocycles. The Morgan fingerprint density at radius 1 is 1.11 bits per heavy atom. The Bertz CT molecular complexity index is 1310. The topological polar surface area (TPSA) is 92.6 Å². The van der Waals surface area contributed by atoms with Gasteiger partial charge in [0.2, 0.25) is 5.91 Å². The molecular weight excluding hydrogens is 475 g/mol. The van der Waals surface area contributed by atoms with Crippen molar-refractivity contribution in [1.29, 1.82) is 0 Å². The van der Waals surface area contributed by atoms with Gasteiger partial charge in [-0.1, -0.05) is 20.8 Å². The third kappa shape index (κ3) is 5.17. The van der Waals surface area contributed by atoms with Gasteiger partial charge in [0.25, 0.3) is 0 Å². The van der Waals surface area contributed by atoms with E-state index in [1.54, 1.807) is 6.07 Å². The fraction of sp³-hybridized carbons (Fsp3) is 0.308. The fourth-order valence-corrected chi connectivity index (χ4v) is 4.07. The molecule has 2 aromatic carbocycles. The Morgan fingerprint density at radius 2 is 1.81 bits per heavy atom. The van der Waals surface area contributed by atoms with Gasteiger partial charge in [0.1, 0.15) is 29.0 Å². The number of carbonyl (C=O) groups excluding carboxylic acids is 1. The molecule has 0 bridgehead atoms. The van der Waals surface area contributed by atoms with E-state index in [-0.39, 0.29) is 47.0 Å². The number of benzene rings is 2. The van der Waals surface area contributed by atoms with E-state index in [1.165, 1.54) is 11.0 Å². The quantitative estimate of drug-likeness (QED) is 0.459. The third-order valence-electron chi connectivity index (χ3n) is 5.93. The van der Waals surface area contributed by atoms with E-state index < -0.39 is 34.5 Å². The van der Waals surface area contributed by atoms with Crippen LogP contribution in [-0.4, -0.2) is 38.6 Å². The van der Waals surface area contributed by atoms with E-state index in [0.29, 0.717) is 18.7 Å². The van der Waals surface area contributed by atoms with E-state index >= 15 is 0 Å². The van der Waals surface area contributed by atoms with Gasteiger partial charge in [-0.15, -0.1) is 0 Å². The molecule has 3 aromatic rings. The van der Waals surface area contributed by atoms with Gasteiger partial charge in [-0.05, 0) is 36.1 Å². The number of carbonyl (C=O) groups is 2. The van der Waals surface area contributed by atoms with Gasteiger partial charge in [0.15, 0.2) is 0 Å². The first-order valence-electron chi connectivity index (χ1n) is 11.4. The number of likely N-dealkylation sites (tertiary alicyclic amines) is 1. The van der Waals surface area contributed by atoms with Crippen LogP contribution in [0, 0.1) is 23.4 Å². The standard InChI is InChI=1S/C26H24F3N3O4/c1-13(2)21-4-5-22(31-30-21)25-19(28)8-16(9-20(25)29)36-23-10-17(26(34)35)18(27)7-15(23)12-32-11-14(3)6-24(32)33/h4-5,7-10,13-14H,6,11-12H2,1-3H3,(H,34,35). The smallest absolute Gasteiger partial charge is 0.338 e. The van der Waals surface area contributed by atoms with Crippen LogP contribution in [0.25, 0.3) is 11.3 Å². The molecule has 10 heteroatoms. The second-order valence-corrected chi connectivity index (χ2v) is 9.19. The molecule has 7 nitrogen and oxygen atoms in total. The molecule has 2 heterocycles. The molecule has 4 rings (SSSR count). The van der Waals surface area contributed by atoms with Crippen molar-refractivity contribution in [3.8, 4) is 22.8 Å². The number of halogens is 3. The van der Waals surface area contributed by atoms with Crippen LogP contribution >= 0.6 is 0 Å². The minimum absolute atomic E-state index is 0.00162. The average Bonchev–Trinajstić information content (AvgIpc) is 3.11. The highest BCUT2D eigenvalue weighted by Gasteiger charge is 2.28. The van der Waals surface area contributed by atoms with E-state index in [1.807, 2.05) is 20.8 Å². The molecule has 1 aromatic heterocycles. The Balaban J connectivity index is 1.68. The zero-order chi connectivity index (χ0) is 26.1. The van der Waals surface area contributed by atoms with Crippen LogP contribution in [0.5, 0.6) is 11.5 Å². The second kappa shape index (κ2) is 9.96. The number of aromatic nitrogens is 2. The molecule has 188 valence electrons. The van der Waals surface area contributed by atoms with Gasteiger partial charge < -0.3 is 14.7 Å². The van der Waals surface area contributed by atoms with Crippen LogP contribution in [0.15, 0.2) is 36.4 Å². The summed E-state index contributed by atoms with van der Waals surface area (Å²) in [6.45, 7) is 6.12. The Labute approximate surface area is 205 Å². The highest BCUT2D eigenvalue weighted by molar-refractivity contribution is 5.88. The first-order valence-corrected chi connectivity index (χ1v) is 11.4. The van der Waals surface area contributed by atoms with Crippen molar-refractivity contribution in [2.45, 2.75) is 39.7 Å². The lowest BCUT2D eigenvalue weighted by atomic mass is 10.1. The normalized spacial score (nSPS) is 15.6. The predicted molar refractivity (Wildman–Crippen MR) is 124 cm³/mol. The first kappa shape index (κ1) is 25.2. The Morgan fingerprint density at radius 3 is 2.33 bits per heavy atom. The van der Waals surface area contributed by atoms with Crippen LogP contribution in [0.2, 0.25) is 0 Å². The molecular formula is C26H24F3N3O4. The second-order valence-electron chi connectivity index (χ2n) is 9.19. The zero-order valence-corrected chi connectivity index (χ0v) is 19.9. The van der Waals surface area contributed by atoms with Crippen molar-refractivity contribution in [2.75, 3.05) is 6.54 Å². The fourth-order valence-electron chi connectivity index (χ4n) is 4.07. The lowest BCUT2D eigenvalue weighted by Gasteiger charge is -2.20. The van der Waals surface area contributed by atoms with E-state index in [4.69, 9.17) is 4.74 Å². The van der Waals surface area contributed by atoms with Gasteiger partial charge in [-0.25, -0.2) is 18.0 Å². The maximum absolute atomic E-state index is 15.0. The molecule has 1 atom stereocenters. The summed E-state index contributed by atoms with van der Waals surface area (Å²) in [5.74, 6) is -4.83. The van der Waals surface area contributed by atoms with Crippen molar-refractivity contribution in [1.82, 2.24) is 15.1 Å². The molecule has 0 aliphatic carbocycles. The molecule has 1 aliphatic rings. The number of nitrogens with zero attached hydrogens (tertiary/aromatic N) is 3. The Hall–Kier alpha value is -3.95. The molecule has 0 spiro atoms. The van der Waals surface area contributed by atoms with Gasteiger partial charge in [0, 0.05) is 37.2 Å². The highest BCUT2D eigenvalue weighted by atomic mass is 19.1. The highest BCUT2D eigenvalue weighted by Crippen LogP contribution is 2.34. The molecule has 36 heavy (non-hydrogen) atoms. The number of carboxylic acids is 1. The Kier molecular flexibility index (Phi) is 6.96. The van der Waals surface area contributed by atoms with Gasteiger partial charge in [-0.3, -0.25) is 4.79 Å². The van der Waals surface area contributed by atoms with Gasteiger partial charge in [0.05, 0.1) is 22.5 Å². The lowest BCUT2D eigenvalue weighted by molar-refractivity contribution is -0.128. The average molecular weight is 499 g/mol. The number of hydrogen-bond donors (Lipinski definition) is 1. The molecule has 1 N–H and O–H groups in total. The lowest BCUT2D eigenvalue weighted by Crippen LogP contribution is -2.25. The summed E-state index contributed by atoms with van der Waals surface area (Å²) in [5, 5.41) is 17.2. The molecule has 0 saturated carbocycles. The van der Waals surface area contributed by atoms with Gasteiger partial charge >= 0.3 is 5.97 Å². The summed E-state index contributed by atoms with van der Waals surface area (Å²) < 4.78 is 50.0. The van der Waals surface area contributed by atoms with E-state index in [9.17, 15) is 27.9 Å². The van der Waals surface area contributed by atoms with Crippen LogP contribution in [-0.2, 0) is 11.3 Å². The van der Waals surface area contributed by atoms with Crippen molar-refractivity contribution >= 4 is 11.9 Å². The number of hydrogen-bond acceptors (Lipinski definition) is 5. The molecule has 1 unspecified atom stereocenters. The summed E-state index contributed by atoms with van der Waals surface area (Å²) in [6, 6.07) is 6.85. The molecule has 1 amide bonds.